The highest BCUT2D eigenvalue weighted by atomic mass is 19.2. The van der Waals surface area contributed by atoms with Gasteiger partial charge in [-0.15, -0.1) is 0 Å². The van der Waals surface area contributed by atoms with E-state index in [4.69, 9.17) is 9.84 Å². The largest absolute Gasteiger partial charge is 0.505 e. The Kier molecular flexibility index (Phi) is 6.22. The molecule has 0 unspecified atom stereocenters. The summed E-state index contributed by atoms with van der Waals surface area (Å²) in [4.78, 5) is 0. The summed E-state index contributed by atoms with van der Waals surface area (Å²) < 4.78 is 32.2. The highest BCUT2D eigenvalue weighted by Crippen LogP contribution is 2.31. The van der Waals surface area contributed by atoms with Crippen LogP contribution < -0.4 is 4.74 Å². The Balaban J connectivity index is 1.79. The second-order valence-corrected chi connectivity index (χ2v) is 6.02. The minimum atomic E-state index is -1.25. The average molecular weight is 310 g/mol. The number of unbranched alkanes of at least 4 members (excludes halogenated alkanes) is 1. The maximum Gasteiger partial charge on any atom is 0.204 e. The van der Waals surface area contributed by atoms with E-state index in [1.807, 2.05) is 0 Å². The van der Waals surface area contributed by atoms with Crippen molar-refractivity contribution in [3.8, 4) is 11.5 Å². The number of phenolic OH excluding ortho intramolecular Hbond substituents is 1. The molecule has 1 N–H and O–H groups in total. The lowest BCUT2D eigenvalue weighted by Gasteiger charge is -2.26. The van der Waals surface area contributed by atoms with Crippen LogP contribution in [0.5, 0.6) is 11.5 Å². The molecule has 1 aliphatic rings. The zero-order valence-electron chi connectivity index (χ0n) is 13.0. The number of ether oxygens (including phenoxy) is 1. The number of halogens is 2. The zero-order valence-corrected chi connectivity index (χ0v) is 13.0. The van der Waals surface area contributed by atoms with Crippen LogP contribution in [0, 0.1) is 23.5 Å². The average Bonchev–Trinajstić information content (AvgIpc) is 2.53. The van der Waals surface area contributed by atoms with E-state index in [9.17, 15) is 8.78 Å². The van der Waals surface area contributed by atoms with Crippen molar-refractivity contribution in [3.05, 3.63) is 35.9 Å². The van der Waals surface area contributed by atoms with Crippen LogP contribution in [0.3, 0.4) is 0 Å². The molecule has 1 aromatic carbocycles. The Morgan fingerprint density at radius 1 is 1.18 bits per heavy atom. The van der Waals surface area contributed by atoms with Gasteiger partial charge in [0, 0.05) is 0 Å². The van der Waals surface area contributed by atoms with Crippen molar-refractivity contribution in [2.24, 2.45) is 11.8 Å². The molecule has 122 valence electrons. The molecule has 0 aliphatic heterocycles. The SMILES string of the molecule is CCC/C=C/C1CCC(COc2ccc(O)c(F)c2F)CC1. The summed E-state index contributed by atoms with van der Waals surface area (Å²) in [5.41, 5.74) is 0. The second-order valence-electron chi connectivity index (χ2n) is 6.02. The van der Waals surface area contributed by atoms with Crippen molar-refractivity contribution in [2.45, 2.75) is 45.4 Å². The van der Waals surface area contributed by atoms with Crippen molar-refractivity contribution in [1.29, 1.82) is 0 Å². The van der Waals surface area contributed by atoms with E-state index in [1.54, 1.807) is 0 Å². The second kappa shape index (κ2) is 8.16. The van der Waals surface area contributed by atoms with Gasteiger partial charge >= 0.3 is 0 Å². The van der Waals surface area contributed by atoms with Gasteiger partial charge in [-0.1, -0.05) is 25.5 Å². The van der Waals surface area contributed by atoms with Gasteiger partial charge in [0.25, 0.3) is 0 Å². The fourth-order valence-corrected chi connectivity index (χ4v) is 2.84. The van der Waals surface area contributed by atoms with E-state index in [2.05, 4.69) is 19.1 Å². The molecule has 1 aromatic rings. The van der Waals surface area contributed by atoms with Gasteiger partial charge < -0.3 is 9.84 Å². The lowest BCUT2D eigenvalue weighted by Crippen LogP contribution is -2.19. The smallest absolute Gasteiger partial charge is 0.204 e. The minimum absolute atomic E-state index is 0.125. The van der Waals surface area contributed by atoms with E-state index in [1.165, 1.54) is 12.5 Å². The highest BCUT2D eigenvalue weighted by molar-refractivity contribution is 5.33. The number of benzene rings is 1. The lowest BCUT2D eigenvalue weighted by molar-refractivity contribution is 0.187. The van der Waals surface area contributed by atoms with Crippen LogP contribution in [0.2, 0.25) is 0 Å². The fraction of sp³-hybridized carbons (Fsp3) is 0.556. The van der Waals surface area contributed by atoms with Crippen molar-refractivity contribution >= 4 is 0 Å². The van der Waals surface area contributed by atoms with E-state index in [0.29, 0.717) is 18.4 Å². The molecule has 0 bridgehead atoms. The summed E-state index contributed by atoms with van der Waals surface area (Å²) >= 11 is 0. The van der Waals surface area contributed by atoms with Crippen LogP contribution in [-0.4, -0.2) is 11.7 Å². The number of phenols is 1. The Labute approximate surface area is 130 Å². The molecule has 2 rings (SSSR count). The quantitative estimate of drug-likeness (QED) is 0.731. The molecule has 1 aliphatic carbocycles. The maximum atomic E-state index is 13.6. The standard InChI is InChI=1S/C18H24F2O2/c1-2-3-4-5-13-6-8-14(9-7-13)12-22-16-11-10-15(21)17(19)18(16)20/h4-5,10-11,13-14,21H,2-3,6-9,12H2,1H3/b5-4+. The summed E-state index contributed by atoms with van der Waals surface area (Å²) in [6.45, 7) is 2.57. The summed E-state index contributed by atoms with van der Waals surface area (Å²) in [5.74, 6) is -2.15. The predicted octanol–water partition coefficient (Wildman–Crippen LogP) is 5.21. The molecule has 0 saturated heterocycles. The molecule has 2 nitrogen and oxygen atoms in total. The first-order valence-corrected chi connectivity index (χ1v) is 8.08. The minimum Gasteiger partial charge on any atom is -0.505 e. The molecule has 1 fully saturated rings. The lowest BCUT2D eigenvalue weighted by atomic mass is 9.82. The van der Waals surface area contributed by atoms with Crippen LogP contribution in [0.25, 0.3) is 0 Å². The van der Waals surface area contributed by atoms with Gasteiger partial charge in [-0.25, -0.2) is 0 Å². The van der Waals surface area contributed by atoms with Gasteiger partial charge in [-0.2, -0.15) is 8.78 Å². The molecule has 4 heteroatoms. The molecule has 0 aromatic heterocycles. The summed E-state index contributed by atoms with van der Waals surface area (Å²) in [7, 11) is 0. The fourth-order valence-electron chi connectivity index (χ4n) is 2.84. The van der Waals surface area contributed by atoms with Gasteiger partial charge in [-0.3, -0.25) is 0 Å². The molecule has 0 spiro atoms. The van der Waals surface area contributed by atoms with Gasteiger partial charge in [0.2, 0.25) is 11.6 Å². The van der Waals surface area contributed by atoms with Gasteiger partial charge in [0.05, 0.1) is 6.61 Å². The van der Waals surface area contributed by atoms with Crippen LogP contribution in [0.15, 0.2) is 24.3 Å². The Bertz CT molecular complexity index is 506. The highest BCUT2D eigenvalue weighted by Gasteiger charge is 2.21. The monoisotopic (exact) mass is 310 g/mol. The first-order valence-electron chi connectivity index (χ1n) is 8.08. The molecule has 1 saturated carbocycles. The number of rotatable bonds is 6. The van der Waals surface area contributed by atoms with Crippen LogP contribution in [-0.2, 0) is 0 Å². The van der Waals surface area contributed by atoms with E-state index in [-0.39, 0.29) is 5.75 Å². The van der Waals surface area contributed by atoms with Crippen molar-refractivity contribution in [3.63, 3.8) is 0 Å². The number of aromatic hydroxyl groups is 1. The number of hydrogen-bond acceptors (Lipinski definition) is 2. The van der Waals surface area contributed by atoms with Crippen LogP contribution >= 0.6 is 0 Å². The van der Waals surface area contributed by atoms with Gasteiger partial charge in [0.1, 0.15) is 0 Å². The van der Waals surface area contributed by atoms with Crippen LogP contribution in [0.1, 0.15) is 45.4 Å². The van der Waals surface area contributed by atoms with Crippen molar-refractivity contribution in [2.75, 3.05) is 6.61 Å². The topological polar surface area (TPSA) is 29.5 Å². The molecule has 0 radical (unpaired) electrons. The van der Waals surface area contributed by atoms with Gasteiger partial charge in [-0.05, 0) is 56.1 Å². The normalized spacial score (nSPS) is 22.1. The van der Waals surface area contributed by atoms with E-state index >= 15 is 0 Å². The van der Waals surface area contributed by atoms with E-state index in [0.717, 1.165) is 38.2 Å². The molecule has 0 heterocycles. The number of hydrogen-bond donors (Lipinski definition) is 1. The summed E-state index contributed by atoms with van der Waals surface area (Å²) in [5, 5.41) is 9.08. The summed E-state index contributed by atoms with van der Waals surface area (Å²) in [6, 6.07) is 2.38. The summed E-state index contributed by atoms with van der Waals surface area (Å²) in [6.07, 6.45) is 11.2. The van der Waals surface area contributed by atoms with Crippen LogP contribution in [0.4, 0.5) is 8.78 Å². The first-order chi connectivity index (χ1) is 10.6. The maximum absolute atomic E-state index is 13.6. The Morgan fingerprint density at radius 2 is 1.91 bits per heavy atom. The third kappa shape index (κ3) is 4.46. The Hall–Kier alpha value is -1.58. The van der Waals surface area contributed by atoms with E-state index < -0.39 is 17.4 Å². The third-order valence-corrected chi connectivity index (χ3v) is 4.26. The van der Waals surface area contributed by atoms with Crippen molar-refractivity contribution in [1.82, 2.24) is 0 Å². The molecular weight excluding hydrogens is 286 g/mol. The third-order valence-electron chi connectivity index (χ3n) is 4.26. The molecule has 22 heavy (non-hydrogen) atoms. The van der Waals surface area contributed by atoms with Gasteiger partial charge in [0.15, 0.2) is 11.5 Å². The molecular formula is C18H24F2O2. The van der Waals surface area contributed by atoms with Crippen molar-refractivity contribution < 1.29 is 18.6 Å². The Morgan fingerprint density at radius 3 is 2.59 bits per heavy atom. The predicted molar refractivity (Wildman–Crippen MR) is 83.0 cm³/mol. The molecule has 0 atom stereocenters. The number of allylic oxidation sites excluding steroid dienone is 2. The zero-order chi connectivity index (χ0) is 15.9. The molecule has 0 amide bonds. The first kappa shape index (κ1) is 16.8.